The molecule has 1 N–H and O–H groups in total. The van der Waals surface area contributed by atoms with E-state index in [1.807, 2.05) is 19.0 Å². The molecular weight excluding hydrogens is 591 g/mol. The number of alkyl halides is 3. The molecule has 0 bridgehead atoms. The fourth-order valence-electron chi connectivity index (χ4n) is 6.11. The molecule has 0 unspecified atom stereocenters. The van der Waals surface area contributed by atoms with E-state index in [4.69, 9.17) is 0 Å². The van der Waals surface area contributed by atoms with Crippen LogP contribution in [0.15, 0.2) is 59.9 Å². The lowest BCUT2D eigenvalue weighted by Gasteiger charge is -2.55. The number of hydrogen-bond donors (Lipinski definition) is 1. The highest BCUT2D eigenvalue weighted by molar-refractivity contribution is 7.92. The molecule has 2 aliphatic rings. The molecule has 2 fully saturated rings. The van der Waals surface area contributed by atoms with Crippen molar-refractivity contribution in [1.29, 1.82) is 0 Å². The van der Waals surface area contributed by atoms with Crippen LogP contribution in [0.5, 0.6) is 0 Å². The number of nitrogens with zero attached hydrogens (tertiary/aromatic N) is 5. The average molecular weight is 625 g/mol. The van der Waals surface area contributed by atoms with E-state index in [-0.39, 0.29) is 17.5 Å². The Balaban J connectivity index is 1.41. The molecule has 1 atom stereocenters. The third kappa shape index (κ3) is 6.75. The zero-order chi connectivity index (χ0) is 31.0. The molecule has 2 aliphatic heterocycles. The number of sulfonamides is 1. The van der Waals surface area contributed by atoms with Gasteiger partial charge in [0.25, 0.3) is 10.0 Å². The quantitative estimate of drug-likeness (QED) is 0.343. The molecule has 0 saturated carbocycles. The van der Waals surface area contributed by atoms with Crippen LogP contribution in [0, 0.1) is 11.6 Å². The molecule has 0 radical (unpaired) electrons. The zero-order valence-corrected chi connectivity index (χ0v) is 24.6. The number of aromatic nitrogens is 2. The molecule has 3 aromatic rings. The van der Waals surface area contributed by atoms with Gasteiger partial charge in [0.15, 0.2) is 4.90 Å². The van der Waals surface area contributed by atoms with Crippen molar-refractivity contribution in [2.75, 3.05) is 49.9 Å². The van der Waals surface area contributed by atoms with Gasteiger partial charge in [-0.3, -0.25) is 9.62 Å². The summed E-state index contributed by atoms with van der Waals surface area (Å²) in [5.74, 6) is -2.62. The van der Waals surface area contributed by atoms with Crippen molar-refractivity contribution in [3.63, 3.8) is 0 Å². The molecule has 0 aliphatic carbocycles. The van der Waals surface area contributed by atoms with Gasteiger partial charge < -0.3 is 9.80 Å². The topological polar surface area (TPSA) is 81.7 Å². The number of halogens is 5. The van der Waals surface area contributed by atoms with E-state index in [1.165, 1.54) is 24.4 Å². The molecule has 14 heteroatoms. The first-order chi connectivity index (χ1) is 20.3. The highest BCUT2D eigenvalue weighted by Gasteiger charge is 2.44. The van der Waals surface area contributed by atoms with Gasteiger partial charge in [0.05, 0.1) is 5.56 Å². The third-order valence-corrected chi connectivity index (χ3v) is 9.87. The number of hydrogen-bond acceptors (Lipinski definition) is 7. The molecule has 5 rings (SSSR count). The van der Waals surface area contributed by atoms with E-state index in [0.29, 0.717) is 37.9 Å². The minimum Gasteiger partial charge on any atom is -0.370 e. The highest BCUT2D eigenvalue weighted by atomic mass is 32.2. The van der Waals surface area contributed by atoms with E-state index in [2.05, 4.69) is 24.5 Å². The number of benzene rings is 2. The van der Waals surface area contributed by atoms with Crippen molar-refractivity contribution in [2.45, 2.75) is 48.3 Å². The lowest BCUT2D eigenvalue weighted by Crippen LogP contribution is -2.67. The monoisotopic (exact) mass is 624 g/mol. The minimum atomic E-state index is -4.63. The normalized spacial score (nSPS) is 20.3. The van der Waals surface area contributed by atoms with Crippen LogP contribution in [-0.4, -0.2) is 80.0 Å². The van der Waals surface area contributed by atoms with Gasteiger partial charge in [0.2, 0.25) is 0 Å². The van der Waals surface area contributed by atoms with Crippen LogP contribution in [0.1, 0.15) is 30.4 Å². The standard InChI is InChI=1S/C29H33F5N6O2S/c1-38-16-23(17-38)39(2)28(10-7-20-5-3-6-21(13-20)29(32,33)34)9-4-12-40(18-28)22-14-24(30)27(25(31)15-22)43(41,42)37-26-8-11-35-19-36-26/h3,5-6,8,11,13-15,19,23H,4,7,9-10,12,16-18H2,1-2H3,(H,35,36,37)/t28-/m0/s1. The number of nitrogens with one attached hydrogen (secondary N) is 1. The summed E-state index contributed by atoms with van der Waals surface area (Å²) in [6.45, 7) is 2.51. The summed E-state index contributed by atoms with van der Waals surface area (Å²) in [6.07, 6.45) is 0.284. The maximum absolute atomic E-state index is 15.3. The Morgan fingerprint density at radius 1 is 1.12 bits per heavy atom. The molecule has 0 amide bonds. The van der Waals surface area contributed by atoms with Crippen molar-refractivity contribution in [3.8, 4) is 0 Å². The SMILES string of the molecule is CN1CC(N(C)[C@]2(CCc3cccc(C(F)(F)F)c3)CCCN(c3cc(F)c(S(=O)(=O)Nc4ccncn4)c(F)c3)C2)C1. The first-order valence-electron chi connectivity index (χ1n) is 13.9. The number of piperidine rings is 1. The van der Waals surface area contributed by atoms with E-state index in [0.717, 1.165) is 44.0 Å². The lowest BCUT2D eigenvalue weighted by molar-refractivity contribution is -0.137. The molecule has 2 saturated heterocycles. The van der Waals surface area contributed by atoms with Crippen molar-refractivity contribution >= 4 is 21.5 Å². The Hall–Kier alpha value is -3.36. The molecule has 232 valence electrons. The minimum absolute atomic E-state index is 0.135. The molecule has 1 aromatic heterocycles. The summed E-state index contributed by atoms with van der Waals surface area (Å²) >= 11 is 0. The van der Waals surface area contributed by atoms with Gasteiger partial charge in [-0.2, -0.15) is 13.2 Å². The Bertz CT molecular complexity index is 1530. The Morgan fingerprint density at radius 3 is 2.47 bits per heavy atom. The number of rotatable bonds is 9. The average Bonchev–Trinajstić information content (AvgIpc) is 2.93. The Morgan fingerprint density at radius 2 is 1.84 bits per heavy atom. The summed E-state index contributed by atoms with van der Waals surface area (Å²) in [5, 5.41) is 0. The van der Waals surface area contributed by atoms with Crippen LogP contribution in [-0.2, 0) is 22.6 Å². The van der Waals surface area contributed by atoms with E-state index < -0.39 is 43.8 Å². The maximum Gasteiger partial charge on any atom is 0.416 e. The van der Waals surface area contributed by atoms with E-state index in [1.54, 1.807) is 6.07 Å². The summed E-state index contributed by atoms with van der Waals surface area (Å²) in [7, 11) is -0.615. The summed E-state index contributed by atoms with van der Waals surface area (Å²) in [5.41, 5.74) is -0.440. The predicted molar refractivity (Wildman–Crippen MR) is 152 cm³/mol. The van der Waals surface area contributed by atoms with Gasteiger partial charge in [-0.1, -0.05) is 18.2 Å². The number of likely N-dealkylation sites (N-methyl/N-ethyl adjacent to an activating group) is 2. The number of anilines is 2. The van der Waals surface area contributed by atoms with Crippen LogP contribution in [0.4, 0.5) is 33.5 Å². The van der Waals surface area contributed by atoms with Gasteiger partial charge in [-0.15, -0.1) is 0 Å². The van der Waals surface area contributed by atoms with Crippen LogP contribution < -0.4 is 9.62 Å². The summed E-state index contributed by atoms with van der Waals surface area (Å²) < 4.78 is 98.4. The number of likely N-dealkylation sites (tertiary alicyclic amines) is 1. The second-order valence-electron chi connectivity index (χ2n) is 11.4. The van der Waals surface area contributed by atoms with E-state index in [9.17, 15) is 21.6 Å². The molecule has 43 heavy (non-hydrogen) atoms. The van der Waals surface area contributed by atoms with Crippen molar-refractivity contribution in [2.24, 2.45) is 0 Å². The molecule has 2 aromatic carbocycles. The summed E-state index contributed by atoms with van der Waals surface area (Å²) in [4.78, 5) is 12.6. The smallest absolute Gasteiger partial charge is 0.370 e. The zero-order valence-electron chi connectivity index (χ0n) is 23.8. The predicted octanol–water partition coefficient (Wildman–Crippen LogP) is 4.79. The van der Waals surface area contributed by atoms with E-state index >= 15 is 8.78 Å². The van der Waals surface area contributed by atoms with Gasteiger partial charge in [-0.05, 0) is 69.6 Å². The number of aryl methyl sites for hydroxylation is 1. The fraction of sp³-hybridized carbons (Fsp3) is 0.448. The first-order valence-corrected chi connectivity index (χ1v) is 15.4. The van der Waals surface area contributed by atoms with Crippen LogP contribution in [0.25, 0.3) is 0 Å². The molecular formula is C29H33F5N6O2S. The fourth-order valence-corrected chi connectivity index (χ4v) is 7.23. The highest BCUT2D eigenvalue weighted by Crippen LogP contribution is 2.38. The lowest BCUT2D eigenvalue weighted by atomic mass is 9.80. The van der Waals surface area contributed by atoms with Gasteiger partial charge in [-0.25, -0.2) is 27.2 Å². The second kappa shape index (κ2) is 12.0. The molecule has 8 nitrogen and oxygen atoms in total. The van der Waals surface area contributed by atoms with Gasteiger partial charge >= 0.3 is 6.18 Å². The molecule has 0 spiro atoms. The Kier molecular flexibility index (Phi) is 8.65. The Labute approximate surface area is 247 Å². The van der Waals surface area contributed by atoms with Crippen LogP contribution in [0.2, 0.25) is 0 Å². The van der Waals surface area contributed by atoms with Crippen LogP contribution >= 0.6 is 0 Å². The molecule has 3 heterocycles. The van der Waals surface area contributed by atoms with Crippen LogP contribution in [0.3, 0.4) is 0 Å². The third-order valence-electron chi connectivity index (χ3n) is 8.47. The van der Waals surface area contributed by atoms with Crippen molar-refractivity contribution < 1.29 is 30.4 Å². The van der Waals surface area contributed by atoms with Crippen molar-refractivity contribution in [1.82, 2.24) is 19.8 Å². The first kappa shape index (κ1) is 31.1. The largest absolute Gasteiger partial charge is 0.416 e. The maximum atomic E-state index is 15.3. The summed E-state index contributed by atoms with van der Waals surface area (Å²) in [6, 6.07) is 8.81. The van der Waals surface area contributed by atoms with Gasteiger partial charge in [0, 0.05) is 49.6 Å². The van der Waals surface area contributed by atoms with Crippen molar-refractivity contribution in [3.05, 3.63) is 77.8 Å². The van der Waals surface area contributed by atoms with Gasteiger partial charge in [0.1, 0.15) is 23.8 Å². The second-order valence-corrected chi connectivity index (χ2v) is 13.0.